The number of hydrogen-bond donors (Lipinski definition) is 1. The lowest BCUT2D eigenvalue weighted by Gasteiger charge is -2.16. The summed E-state index contributed by atoms with van der Waals surface area (Å²) < 4.78 is 0. The summed E-state index contributed by atoms with van der Waals surface area (Å²) in [5.41, 5.74) is 1.70. The third kappa shape index (κ3) is 3.33. The van der Waals surface area contributed by atoms with E-state index in [1.165, 1.54) is 0 Å². The molecule has 1 N–H and O–H groups in total. The van der Waals surface area contributed by atoms with E-state index in [9.17, 15) is 0 Å². The van der Waals surface area contributed by atoms with Crippen molar-refractivity contribution in [2.75, 3.05) is 0 Å². The minimum atomic E-state index is 0.337. The molecule has 0 bridgehead atoms. The second-order valence-corrected chi connectivity index (χ2v) is 4.00. The lowest BCUT2D eigenvalue weighted by molar-refractivity contribution is 0.313. The monoisotopic (exact) mass is 220 g/mol. The fraction of sp³-hybridized carbons (Fsp3) is 0.538. The molecular weight excluding hydrogens is 200 g/mol. The summed E-state index contributed by atoms with van der Waals surface area (Å²) in [5.74, 6) is 0.337. The number of nitrogens with zero attached hydrogens (tertiary/aromatic N) is 2. The highest BCUT2D eigenvalue weighted by Crippen LogP contribution is 2.19. The van der Waals surface area contributed by atoms with Crippen LogP contribution in [-0.4, -0.2) is 15.9 Å². The molecule has 0 radical (unpaired) electrons. The van der Waals surface area contributed by atoms with Crippen molar-refractivity contribution >= 4 is 5.71 Å². The third-order valence-corrected chi connectivity index (χ3v) is 2.73. The second kappa shape index (κ2) is 6.99. The van der Waals surface area contributed by atoms with Crippen LogP contribution in [0.1, 0.15) is 45.1 Å². The molecule has 3 nitrogen and oxygen atoms in total. The van der Waals surface area contributed by atoms with Crippen LogP contribution in [0.4, 0.5) is 0 Å². The van der Waals surface area contributed by atoms with Gasteiger partial charge in [-0.2, -0.15) is 0 Å². The molecule has 0 atom stereocenters. The fourth-order valence-electron chi connectivity index (χ4n) is 2.00. The van der Waals surface area contributed by atoms with Crippen molar-refractivity contribution < 1.29 is 5.21 Å². The Labute approximate surface area is 97.2 Å². The molecule has 0 saturated carbocycles. The largest absolute Gasteiger partial charge is 0.411 e. The zero-order chi connectivity index (χ0) is 11.8. The van der Waals surface area contributed by atoms with Crippen molar-refractivity contribution in [2.24, 2.45) is 11.1 Å². The molecule has 0 aliphatic rings. The Morgan fingerprint density at radius 1 is 1.38 bits per heavy atom. The number of aromatic nitrogens is 1. The first-order chi connectivity index (χ1) is 7.83. The Morgan fingerprint density at radius 2 is 2.06 bits per heavy atom. The topological polar surface area (TPSA) is 45.5 Å². The van der Waals surface area contributed by atoms with Crippen molar-refractivity contribution in [1.82, 2.24) is 4.98 Å². The number of rotatable bonds is 6. The van der Waals surface area contributed by atoms with Crippen LogP contribution in [-0.2, 0) is 0 Å². The van der Waals surface area contributed by atoms with E-state index in [4.69, 9.17) is 5.21 Å². The SMILES string of the molecule is CCCC(CCC)C(=NO)c1cccnc1. The lowest BCUT2D eigenvalue weighted by Crippen LogP contribution is -2.16. The number of oxime groups is 1. The molecule has 88 valence electrons. The minimum absolute atomic E-state index is 0.337. The summed E-state index contributed by atoms with van der Waals surface area (Å²) in [6.07, 6.45) is 7.80. The molecule has 0 amide bonds. The minimum Gasteiger partial charge on any atom is -0.411 e. The molecule has 0 aromatic carbocycles. The Morgan fingerprint density at radius 3 is 2.50 bits per heavy atom. The average molecular weight is 220 g/mol. The van der Waals surface area contributed by atoms with Crippen LogP contribution in [0.25, 0.3) is 0 Å². The third-order valence-electron chi connectivity index (χ3n) is 2.73. The van der Waals surface area contributed by atoms with Crippen LogP contribution >= 0.6 is 0 Å². The average Bonchev–Trinajstić information content (AvgIpc) is 2.32. The Kier molecular flexibility index (Phi) is 5.54. The molecule has 16 heavy (non-hydrogen) atoms. The van der Waals surface area contributed by atoms with E-state index < -0.39 is 0 Å². The van der Waals surface area contributed by atoms with Gasteiger partial charge in [0.2, 0.25) is 0 Å². The summed E-state index contributed by atoms with van der Waals surface area (Å²) in [6.45, 7) is 4.31. The van der Waals surface area contributed by atoms with Gasteiger partial charge in [0, 0.05) is 23.9 Å². The predicted molar refractivity (Wildman–Crippen MR) is 65.9 cm³/mol. The molecule has 0 spiro atoms. The van der Waals surface area contributed by atoms with Gasteiger partial charge in [-0.25, -0.2) is 0 Å². The molecule has 0 fully saturated rings. The van der Waals surface area contributed by atoms with Crippen molar-refractivity contribution in [2.45, 2.75) is 39.5 Å². The molecule has 1 aromatic heterocycles. The van der Waals surface area contributed by atoms with Crippen molar-refractivity contribution in [3.8, 4) is 0 Å². The normalized spacial score (nSPS) is 12.1. The van der Waals surface area contributed by atoms with Gasteiger partial charge in [0.05, 0.1) is 5.71 Å². The standard InChI is InChI=1S/C13H20N2O/c1-3-6-11(7-4-2)13(15-16)12-8-5-9-14-10-12/h5,8-11,16H,3-4,6-7H2,1-2H3. The molecular formula is C13H20N2O. The van der Waals surface area contributed by atoms with Crippen molar-refractivity contribution in [3.05, 3.63) is 30.1 Å². The number of pyridine rings is 1. The molecule has 1 heterocycles. The fourth-order valence-corrected chi connectivity index (χ4v) is 2.00. The van der Waals surface area contributed by atoms with Gasteiger partial charge in [-0.1, -0.05) is 31.8 Å². The van der Waals surface area contributed by atoms with Crippen LogP contribution in [0.2, 0.25) is 0 Å². The Balaban J connectivity index is 2.87. The smallest absolute Gasteiger partial charge is 0.0914 e. The van der Waals surface area contributed by atoms with E-state index in [1.807, 2.05) is 12.1 Å². The maximum Gasteiger partial charge on any atom is 0.0914 e. The summed E-state index contributed by atoms with van der Waals surface area (Å²) in [4.78, 5) is 4.06. The van der Waals surface area contributed by atoms with Gasteiger partial charge in [-0.05, 0) is 25.0 Å². The maximum absolute atomic E-state index is 9.16. The highest BCUT2D eigenvalue weighted by Gasteiger charge is 2.17. The van der Waals surface area contributed by atoms with Gasteiger partial charge in [-0.3, -0.25) is 4.98 Å². The molecule has 0 saturated heterocycles. The van der Waals surface area contributed by atoms with Crippen molar-refractivity contribution in [3.63, 3.8) is 0 Å². The first-order valence-corrected chi connectivity index (χ1v) is 5.95. The molecule has 3 heteroatoms. The van der Waals surface area contributed by atoms with Crippen LogP contribution < -0.4 is 0 Å². The first-order valence-electron chi connectivity index (χ1n) is 5.95. The van der Waals surface area contributed by atoms with Gasteiger partial charge in [0.15, 0.2) is 0 Å². The Bertz CT molecular complexity index is 316. The van der Waals surface area contributed by atoms with Gasteiger partial charge in [0.1, 0.15) is 0 Å². The van der Waals surface area contributed by atoms with Crippen molar-refractivity contribution in [1.29, 1.82) is 0 Å². The summed E-state index contributed by atoms with van der Waals surface area (Å²) in [7, 11) is 0. The van der Waals surface area contributed by atoms with Crippen LogP contribution in [0.5, 0.6) is 0 Å². The zero-order valence-electron chi connectivity index (χ0n) is 10.1. The van der Waals surface area contributed by atoms with E-state index >= 15 is 0 Å². The number of hydrogen-bond acceptors (Lipinski definition) is 3. The first kappa shape index (κ1) is 12.7. The summed E-state index contributed by atoms with van der Waals surface area (Å²) in [6, 6.07) is 3.82. The summed E-state index contributed by atoms with van der Waals surface area (Å²) in [5, 5.41) is 12.6. The predicted octanol–water partition coefficient (Wildman–Crippen LogP) is 3.48. The molecule has 0 aliphatic carbocycles. The van der Waals surface area contributed by atoms with Crippen LogP contribution in [0.15, 0.2) is 29.7 Å². The van der Waals surface area contributed by atoms with Crippen LogP contribution in [0, 0.1) is 5.92 Å². The summed E-state index contributed by atoms with van der Waals surface area (Å²) >= 11 is 0. The van der Waals surface area contributed by atoms with Gasteiger partial charge < -0.3 is 5.21 Å². The van der Waals surface area contributed by atoms with E-state index in [0.717, 1.165) is 37.0 Å². The van der Waals surface area contributed by atoms with Gasteiger partial charge >= 0.3 is 0 Å². The molecule has 1 rings (SSSR count). The molecule has 0 unspecified atom stereocenters. The zero-order valence-corrected chi connectivity index (χ0v) is 10.1. The molecule has 0 aliphatic heterocycles. The van der Waals surface area contributed by atoms with Gasteiger partial charge in [0.25, 0.3) is 0 Å². The highest BCUT2D eigenvalue weighted by atomic mass is 16.4. The van der Waals surface area contributed by atoms with E-state index in [-0.39, 0.29) is 0 Å². The maximum atomic E-state index is 9.16. The van der Waals surface area contributed by atoms with Crippen LogP contribution in [0.3, 0.4) is 0 Å². The van der Waals surface area contributed by atoms with E-state index in [0.29, 0.717) is 5.92 Å². The van der Waals surface area contributed by atoms with E-state index in [1.54, 1.807) is 12.4 Å². The Hall–Kier alpha value is -1.38. The van der Waals surface area contributed by atoms with Gasteiger partial charge in [-0.15, -0.1) is 0 Å². The lowest BCUT2D eigenvalue weighted by atomic mass is 9.90. The molecule has 1 aromatic rings. The highest BCUT2D eigenvalue weighted by molar-refractivity contribution is 6.01. The quantitative estimate of drug-likeness (QED) is 0.453. The van der Waals surface area contributed by atoms with E-state index in [2.05, 4.69) is 24.0 Å². The second-order valence-electron chi connectivity index (χ2n) is 4.00.